The fourth-order valence-corrected chi connectivity index (χ4v) is 7.41. The van der Waals surface area contributed by atoms with Crippen molar-refractivity contribution in [2.45, 2.75) is 95.3 Å². The molecule has 0 radical (unpaired) electrons. The number of nitrogens with one attached hydrogen (secondary N) is 2. The van der Waals surface area contributed by atoms with Crippen LogP contribution < -0.4 is 16.8 Å². The Labute approximate surface area is 211 Å². The van der Waals surface area contributed by atoms with E-state index in [0.29, 0.717) is 24.8 Å². The molecule has 7 nitrogen and oxygen atoms in total. The molecule has 0 bridgehead atoms. The summed E-state index contributed by atoms with van der Waals surface area (Å²) in [6, 6.07) is -0.122. The monoisotopic (exact) mass is 513 g/mol. The number of halogens is 3. The molecule has 3 saturated carbocycles. The zero-order valence-electron chi connectivity index (χ0n) is 21.1. The highest BCUT2D eigenvalue weighted by Gasteiger charge is 2.48. The Morgan fingerprint density at radius 3 is 2.22 bits per heavy atom. The molecule has 1 saturated heterocycles. The van der Waals surface area contributed by atoms with Gasteiger partial charge in [0.2, 0.25) is 11.8 Å². The molecule has 4 fully saturated rings. The van der Waals surface area contributed by atoms with Crippen molar-refractivity contribution in [3.63, 3.8) is 0 Å². The fraction of sp³-hybridized carbons (Fsp3) is 0.885. The molecule has 2 amide bonds. The van der Waals surface area contributed by atoms with Crippen LogP contribution in [0.25, 0.3) is 0 Å². The lowest BCUT2D eigenvalue weighted by molar-refractivity contribution is -0.185. The number of rotatable bonds is 7. The summed E-state index contributed by atoms with van der Waals surface area (Å²) in [5.41, 5.74) is 11.4. The number of carbonyl (C=O) groups is 2. The highest BCUT2D eigenvalue weighted by molar-refractivity contribution is 5.82. The van der Waals surface area contributed by atoms with Gasteiger partial charge in [0.15, 0.2) is 0 Å². The van der Waals surface area contributed by atoms with E-state index in [1.54, 1.807) is 0 Å². The summed E-state index contributed by atoms with van der Waals surface area (Å²) in [5.74, 6) is -0.818. The Kier molecular flexibility index (Phi) is 8.52. The minimum atomic E-state index is -4.17. The molecular weight excluding hydrogens is 471 g/mol. The lowest BCUT2D eigenvalue weighted by atomic mass is 9.77. The van der Waals surface area contributed by atoms with E-state index in [4.69, 9.17) is 16.9 Å². The van der Waals surface area contributed by atoms with E-state index < -0.39 is 12.1 Å². The van der Waals surface area contributed by atoms with Gasteiger partial charge in [-0.2, -0.15) is 13.2 Å². The summed E-state index contributed by atoms with van der Waals surface area (Å²) in [7, 11) is 0. The van der Waals surface area contributed by atoms with Crippen LogP contribution in [0.1, 0.15) is 77.0 Å². The number of carbonyl (C=O) groups excluding carboxylic acids is 2. The molecule has 1 aliphatic heterocycles. The van der Waals surface area contributed by atoms with E-state index in [1.807, 2.05) is 0 Å². The van der Waals surface area contributed by atoms with Gasteiger partial charge in [0.05, 0.1) is 17.8 Å². The summed E-state index contributed by atoms with van der Waals surface area (Å²) in [6.07, 6.45) is 4.03. The molecule has 6 atom stereocenters. The summed E-state index contributed by atoms with van der Waals surface area (Å²) < 4.78 is 39.6. The van der Waals surface area contributed by atoms with Crippen molar-refractivity contribution >= 4 is 17.6 Å². The van der Waals surface area contributed by atoms with Gasteiger partial charge in [-0.3, -0.25) is 19.9 Å². The van der Waals surface area contributed by atoms with Crippen molar-refractivity contribution < 1.29 is 22.8 Å². The largest absolute Gasteiger partial charge is 0.391 e. The van der Waals surface area contributed by atoms with Crippen LogP contribution in [0.2, 0.25) is 0 Å². The standard InChI is InChI=1S/C26H42F3N5O2/c27-26(28,29)20-3-1-2-16(10-20)13-33-25(36)22-11-18-8-9-19(23(30)31)12-21(18)34(22)14-15-4-6-17(7-5-15)24(32)35/h15-22H,1-14H2,(H3,30,31)(H2,32,35)(H,33,36). The molecule has 4 aliphatic rings. The number of fused-ring (bicyclic) bond motifs is 1. The first-order valence-electron chi connectivity index (χ1n) is 13.8. The van der Waals surface area contributed by atoms with Crippen LogP contribution in [0, 0.1) is 40.9 Å². The topological polar surface area (TPSA) is 125 Å². The second kappa shape index (κ2) is 11.3. The molecule has 10 heteroatoms. The molecule has 0 spiro atoms. The quantitative estimate of drug-likeness (QED) is 0.307. The zero-order chi connectivity index (χ0) is 26.0. The molecule has 204 valence electrons. The maximum atomic E-state index is 13.4. The number of amidine groups is 1. The first-order valence-corrected chi connectivity index (χ1v) is 13.8. The van der Waals surface area contributed by atoms with Gasteiger partial charge in [0.1, 0.15) is 0 Å². The Bertz CT molecular complexity index is 814. The highest BCUT2D eigenvalue weighted by atomic mass is 19.4. The molecule has 3 aliphatic carbocycles. The Morgan fingerprint density at radius 2 is 1.58 bits per heavy atom. The minimum Gasteiger partial charge on any atom is -0.387 e. The second-order valence-corrected chi connectivity index (χ2v) is 11.9. The van der Waals surface area contributed by atoms with Gasteiger partial charge in [0, 0.05) is 31.0 Å². The van der Waals surface area contributed by atoms with Crippen molar-refractivity contribution in [2.24, 2.45) is 47.0 Å². The molecule has 6 N–H and O–H groups in total. The van der Waals surface area contributed by atoms with E-state index in [2.05, 4.69) is 10.2 Å². The van der Waals surface area contributed by atoms with Gasteiger partial charge < -0.3 is 16.8 Å². The second-order valence-electron chi connectivity index (χ2n) is 11.9. The number of likely N-dealkylation sites (tertiary alicyclic amines) is 1. The maximum absolute atomic E-state index is 13.4. The third kappa shape index (κ3) is 6.34. The van der Waals surface area contributed by atoms with Crippen molar-refractivity contribution in [1.82, 2.24) is 10.2 Å². The predicted molar refractivity (Wildman–Crippen MR) is 131 cm³/mol. The third-order valence-corrected chi connectivity index (χ3v) is 9.58. The third-order valence-electron chi connectivity index (χ3n) is 9.58. The van der Waals surface area contributed by atoms with Crippen LogP contribution in [0.15, 0.2) is 0 Å². The smallest absolute Gasteiger partial charge is 0.387 e. The van der Waals surface area contributed by atoms with Gasteiger partial charge >= 0.3 is 6.18 Å². The lowest BCUT2D eigenvalue weighted by Crippen LogP contribution is -2.50. The Balaban J connectivity index is 1.40. The predicted octanol–water partition coefficient (Wildman–Crippen LogP) is 3.56. The van der Waals surface area contributed by atoms with Crippen molar-refractivity contribution in [3.05, 3.63) is 0 Å². The summed E-state index contributed by atoms with van der Waals surface area (Å²) >= 11 is 0. The van der Waals surface area contributed by atoms with Crippen molar-refractivity contribution in [3.8, 4) is 0 Å². The lowest BCUT2D eigenvalue weighted by Gasteiger charge is -2.39. The zero-order valence-corrected chi connectivity index (χ0v) is 21.1. The number of alkyl halides is 3. The molecule has 0 aromatic rings. The SMILES string of the molecule is N=C(N)C1CCC2CC(C(=O)NCC3CCCC(C(F)(F)F)C3)N(CC3CCC(C(N)=O)CC3)C2C1. The van der Waals surface area contributed by atoms with E-state index in [9.17, 15) is 22.8 Å². The van der Waals surface area contributed by atoms with E-state index >= 15 is 0 Å². The summed E-state index contributed by atoms with van der Waals surface area (Å²) in [4.78, 5) is 27.3. The number of amides is 2. The molecular formula is C26H42F3N5O2. The van der Waals surface area contributed by atoms with E-state index in [0.717, 1.165) is 64.3 Å². The number of hydrogen-bond donors (Lipinski definition) is 4. The van der Waals surface area contributed by atoms with Gasteiger partial charge in [-0.25, -0.2) is 0 Å². The van der Waals surface area contributed by atoms with Crippen LogP contribution >= 0.6 is 0 Å². The van der Waals surface area contributed by atoms with Crippen LogP contribution in [0.3, 0.4) is 0 Å². The molecule has 1 heterocycles. The minimum absolute atomic E-state index is 0.0303. The van der Waals surface area contributed by atoms with Gasteiger partial charge in [-0.1, -0.05) is 6.42 Å². The van der Waals surface area contributed by atoms with Crippen LogP contribution in [-0.4, -0.2) is 53.9 Å². The fourth-order valence-electron chi connectivity index (χ4n) is 7.41. The molecule has 0 aromatic heterocycles. The van der Waals surface area contributed by atoms with E-state index in [-0.39, 0.29) is 60.3 Å². The summed E-state index contributed by atoms with van der Waals surface area (Å²) in [6.45, 7) is 1.06. The number of hydrogen-bond acceptors (Lipinski definition) is 4. The molecule has 0 aromatic carbocycles. The molecule has 4 rings (SSSR count). The average molecular weight is 514 g/mol. The summed E-state index contributed by atoms with van der Waals surface area (Å²) in [5, 5.41) is 11.0. The first-order chi connectivity index (χ1) is 17.0. The number of nitrogens with zero attached hydrogens (tertiary/aromatic N) is 1. The maximum Gasteiger partial charge on any atom is 0.391 e. The number of primary amides is 1. The normalized spacial score (nSPS) is 37.8. The van der Waals surface area contributed by atoms with Crippen molar-refractivity contribution in [2.75, 3.05) is 13.1 Å². The average Bonchev–Trinajstić information content (AvgIpc) is 3.20. The van der Waals surface area contributed by atoms with Gasteiger partial charge in [-0.05, 0) is 88.4 Å². The van der Waals surface area contributed by atoms with E-state index in [1.165, 1.54) is 0 Å². The highest BCUT2D eigenvalue weighted by Crippen LogP contribution is 2.44. The van der Waals surface area contributed by atoms with Gasteiger partial charge in [0.25, 0.3) is 0 Å². The van der Waals surface area contributed by atoms with Crippen LogP contribution in [0.4, 0.5) is 13.2 Å². The van der Waals surface area contributed by atoms with Crippen molar-refractivity contribution in [1.29, 1.82) is 5.41 Å². The van der Waals surface area contributed by atoms with Crippen LogP contribution in [-0.2, 0) is 9.59 Å². The van der Waals surface area contributed by atoms with Gasteiger partial charge in [-0.15, -0.1) is 0 Å². The number of nitrogens with two attached hydrogens (primary N) is 2. The first kappa shape index (κ1) is 27.2. The Hall–Kier alpha value is -1.84. The van der Waals surface area contributed by atoms with Crippen LogP contribution in [0.5, 0.6) is 0 Å². The molecule has 6 unspecified atom stereocenters. The molecule has 36 heavy (non-hydrogen) atoms. The Morgan fingerprint density at radius 1 is 0.889 bits per heavy atom.